The Bertz CT molecular complexity index is 825. The number of anilines is 1. The number of benzene rings is 1. The van der Waals surface area contributed by atoms with Gasteiger partial charge in [-0.15, -0.1) is 0 Å². The normalized spacial score (nSPS) is 10.5. The van der Waals surface area contributed by atoms with Crippen LogP contribution in [0.5, 0.6) is 0 Å². The zero-order chi connectivity index (χ0) is 16.2. The van der Waals surface area contributed by atoms with E-state index in [9.17, 15) is 4.79 Å². The van der Waals surface area contributed by atoms with Gasteiger partial charge in [0.25, 0.3) is 0 Å². The number of aromatic nitrogens is 4. The van der Waals surface area contributed by atoms with Crippen molar-refractivity contribution in [3.8, 4) is 5.69 Å². The summed E-state index contributed by atoms with van der Waals surface area (Å²) in [6.07, 6.45) is 3.66. The molecular formula is C15H16N6OS. The van der Waals surface area contributed by atoms with Crippen LogP contribution in [0.1, 0.15) is 17.2 Å². The Morgan fingerprint density at radius 2 is 2.13 bits per heavy atom. The molecule has 0 spiro atoms. The van der Waals surface area contributed by atoms with Crippen LogP contribution >= 0.6 is 11.5 Å². The first-order valence-corrected chi connectivity index (χ1v) is 7.84. The lowest BCUT2D eigenvalue weighted by Gasteiger charge is -2.12. The summed E-state index contributed by atoms with van der Waals surface area (Å²) in [7, 11) is 0. The SMILES string of the molecule is Cc1nsc(NC(=O)NCc2ccccc2-n2ccnc2C)n1. The zero-order valence-corrected chi connectivity index (χ0v) is 13.6. The molecule has 0 unspecified atom stereocenters. The standard InChI is InChI=1S/C15H16N6OS/c1-10-18-15(23-20-10)19-14(22)17-9-12-5-3-4-6-13(12)21-8-7-16-11(21)2/h3-8H,9H2,1-2H3,(H2,17,18,19,20,22). The molecule has 0 aliphatic rings. The second-order valence-electron chi connectivity index (χ2n) is 4.93. The van der Waals surface area contributed by atoms with Crippen molar-refractivity contribution in [1.82, 2.24) is 24.2 Å². The molecule has 0 bridgehead atoms. The summed E-state index contributed by atoms with van der Waals surface area (Å²) in [6, 6.07) is 7.57. The third-order valence-corrected chi connectivity index (χ3v) is 3.99. The molecule has 0 aliphatic heterocycles. The third-order valence-electron chi connectivity index (χ3n) is 3.26. The zero-order valence-electron chi connectivity index (χ0n) is 12.8. The van der Waals surface area contributed by atoms with Crippen molar-refractivity contribution in [3.05, 3.63) is 53.9 Å². The molecule has 2 heterocycles. The topological polar surface area (TPSA) is 84.7 Å². The van der Waals surface area contributed by atoms with Gasteiger partial charge in [0.1, 0.15) is 11.6 Å². The minimum atomic E-state index is -0.307. The lowest BCUT2D eigenvalue weighted by molar-refractivity contribution is 0.251. The summed E-state index contributed by atoms with van der Waals surface area (Å²) in [5.41, 5.74) is 1.99. The average Bonchev–Trinajstić information content (AvgIpc) is 3.14. The number of amides is 2. The summed E-state index contributed by atoms with van der Waals surface area (Å²) in [4.78, 5) is 20.3. The Balaban J connectivity index is 1.69. The molecule has 0 aliphatic carbocycles. The number of nitrogens with one attached hydrogen (secondary N) is 2. The molecule has 3 rings (SSSR count). The van der Waals surface area contributed by atoms with Crippen LogP contribution in [-0.2, 0) is 6.54 Å². The molecule has 23 heavy (non-hydrogen) atoms. The summed E-state index contributed by atoms with van der Waals surface area (Å²) in [6.45, 7) is 4.12. The summed E-state index contributed by atoms with van der Waals surface area (Å²) < 4.78 is 6.01. The molecule has 0 saturated heterocycles. The van der Waals surface area contributed by atoms with Crippen LogP contribution in [-0.4, -0.2) is 24.9 Å². The van der Waals surface area contributed by atoms with E-state index in [1.807, 2.05) is 42.0 Å². The highest BCUT2D eigenvalue weighted by Crippen LogP contribution is 2.16. The van der Waals surface area contributed by atoms with Crippen molar-refractivity contribution in [2.75, 3.05) is 5.32 Å². The van der Waals surface area contributed by atoms with E-state index >= 15 is 0 Å². The maximum atomic E-state index is 12.0. The first kappa shape index (κ1) is 15.2. The molecule has 0 radical (unpaired) electrons. The Kier molecular flexibility index (Phi) is 4.33. The van der Waals surface area contributed by atoms with Crippen molar-refractivity contribution in [3.63, 3.8) is 0 Å². The molecule has 0 atom stereocenters. The molecule has 0 fully saturated rings. The molecule has 2 amide bonds. The molecule has 0 saturated carbocycles. The fourth-order valence-corrected chi connectivity index (χ4v) is 2.76. The third kappa shape index (κ3) is 3.54. The predicted octanol–water partition coefficient (Wildman–Crippen LogP) is 2.66. The molecular weight excluding hydrogens is 312 g/mol. The van der Waals surface area contributed by atoms with E-state index in [0.29, 0.717) is 17.5 Å². The van der Waals surface area contributed by atoms with E-state index in [0.717, 1.165) is 28.6 Å². The molecule has 2 aromatic heterocycles. The number of hydrogen-bond donors (Lipinski definition) is 2. The fraction of sp³-hybridized carbons (Fsp3) is 0.200. The number of carbonyl (C=O) groups excluding carboxylic acids is 1. The van der Waals surface area contributed by atoms with Crippen molar-refractivity contribution in [2.45, 2.75) is 20.4 Å². The lowest BCUT2D eigenvalue weighted by Crippen LogP contribution is -2.28. The molecule has 118 valence electrons. The maximum absolute atomic E-state index is 12.0. The number of urea groups is 1. The van der Waals surface area contributed by atoms with Crippen LogP contribution in [0.4, 0.5) is 9.93 Å². The summed E-state index contributed by atoms with van der Waals surface area (Å²) >= 11 is 1.16. The van der Waals surface area contributed by atoms with Gasteiger partial charge in [0.15, 0.2) is 0 Å². The number of rotatable bonds is 4. The maximum Gasteiger partial charge on any atom is 0.321 e. The quantitative estimate of drug-likeness (QED) is 0.771. The predicted molar refractivity (Wildman–Crippen MR) is 88.8 cm³/mol. The lowest BCUT2D eigenvalue weighted by atomic mass is 10.1. The van der Waals surface area contributed by atoms with E-state index in [1.54, 1.807) is 13.1 Å². The number of aryl methyl sites for hydroxylation is 2. The molecule has 2 N–H and O–H groups in total. The molecule has 1 aromatic carbocycles. The van der Waals surface area contributed by atoms with Crippen molar-refractivity contribution in [1.29, 1.82) is 0 Å². The van der Waals surface area contributed by atoms with E-state index < -0.39 is 0 Å². The van der Waals surface area contributed by atoms with Crippen LogP contribution in [0.2, 0.25) is 0 Å². The van der Waals surface area contributed by atoms with Gasteiger partial charge in [0, 0.05) is 30.5 Å². The van der Waals surface area contributed by atoms with Gasteiger partial charge in [-0.05, 0) is 25.5 Å². The number of imidazole rings is 1. The van der Waals surface area contributed by atoms with E-state index in [4.69, 9.17) is 0 Å². The summed E-state index contributed by atoms with van der Waals surface area (Å²) in [5.74, 6) is 1.54. The largest absolute Gasteiger partial charge is 0.334 e. The van der Waals surface area contributed by atoms with Crippen LogP contribution in [0.3, 0.4) is 0 Å². The van der Waals surface area contributed by atoms with Gasteiger partial charge < -0.3 is 9.88 Å². The second kappa shape index (κ2) is 6.57. The highest BCUT2D eigenvalue weighted by Gasteiger charge is 2.09. The monoisotopic (exact) mass is 328 g/mol. The van der Waals surface area contributed by atoms with Gasteiger partial charge in [0.2, 0.25) is 5.13 Å². The first-order chi connectivity index (χ1) is 11.1. The van der Waals surface area contributed by atoms with Gasteiger partial charge in [-0.3, -0.25) is 5.32 Å². The van der Waals surface area contributed by atoms with Gasteiger partial charge in [0.05, 0.1) is 5.69 Å². The smallest absolute Gasteiger partial charge is 0.321 e. The Labute approximate surface area is 137 Å². The van der Waals surface area contributed by atoms with Gasteiger partial charge in [-0.1, -0.05) is 18.2 Å². The minimum Gasteiger partial charge on any atom is -0.334 e. The minimum absolute atomic E-state index is 0.307. The summed E-state index contributed by atoms with van der Waals surface area (Å²) in [5, 5.41) is 5.99. The van der Waals surface area contributed by atoms with Crippen LogP contribution < -0.4 is 10.6 Å². The van der Waals surface area contributed by atoms with Crippen LogP contribution in [0.15, 0.2) is 36.7 Å². The number of nitrogens with zero attached hydrogens (tertiary/aromatic N) is 4. The van der Waals surface area contributed by atoms with E-state index in [-0.39, 0.29) is 6.03 Å². The van der Waals surface area contributed by atoms with E-state index in [1.165, 1.54) is 0 Å². The van der Waals surface area contributed by atoms with Crippen molar-refractivity contribution < 1.29 is 4.79 Å². The van der Waals surface area contributed by atoms with Crippen LogP contribution in [0, 0.1) is 13.8 Å². The Morgan fingerprint density at radius 1 is 1.30 bits per heavy atom. The number of hydrogen-bond acceptors (Lipinski definition) is 5. The Morgan fingerprint density at radius 3 is 2.83 bits per heavy atom. The van der Waals surface area contributed by atoms with E-state index in [2.05, 4.69) is 25.0 Å². The number of para-hydroxylation sites is 1. The highest BCUT2D eigenvalue weighted by molar-refractivity contribution is 7.09. The van der Waals surface area contributed by atoms with Crippen molar-refractivity contribution in [2.24, 2.45) is 0 Å². The van der Waals surface area contributed by atoms with Gasteiger partial charge in [-0.25, -0.2) is 14.8 Å². The van der Waals surface area contributed by atoms with Crippen molar-refractivity contribution >= 4 is 22.7 Å². The average molecular weight is 328 g/mol. The highest BCUT2D eigenvalue weighted by atomic mass is 32.1. The molecule has 3 aromatic rings. The number of carbonyl (C=O) groups is 1. The van der Waals surface area contributed by atoms with Crippen LogP contribution in [0.25, 0.3) is 5.69 Å². The fourth-order valence-electron chi connectivity index (χ4n) is 2.19. The van der Waals surface area contributed by atoms with Gasteiger partial charge >= 0.3 is 6.03 Å². The molecule has 8 heteroatoms. The first-order valence-electron chi connectivity index (χ1n) is 7.07. The molecule has 7 nitrogen and oxygen atoms in total. The van der Waals surface area contributed by atoms with Gasteiger partial charge in [-0.2, -0.15) is 4.37 Å². The Hall–Kier alpha value is -2.74. The second-order valence-corrected chi connectivity index (χ2v) is 5.68.